The van der Waals surface area contributed by atoms with Crippen LogP contribution in [0.3, 0.4) is 0 Å². The van der Waals surface area contributed by atoms with Gasteiger partial charge in [0.25, 0.3) is 5.56 Å². The summed E-state index contributed by atoms with van der Waals surface area (Å²) in [6.07, 6.45) is 0. The first-order chi connectivity index (χ1) is 13.2. The number of benzene rings is 1. The number of sulfonamides is 1. The number of rotatable bonds is 5. The molecule has 2 heterocycles. The zero-order chi connectivity index (χ0) is 20.5. The third kappa shape index (κ3) is 3.96. The smallest absolute Gasteiger partial charge is 0.311 e. The van der Waals surface area contributed by atoms with Gasteiger partial charge in [-0.2, -0.15) is 4.31 Å². The van der Waals surface area contributed by atoms with Gasteiger partial charge in [0.15, 0.2) is 0 Å². The van der Waals surface area contributed by atoms with Gasteiger partial charge >= 0.3 is 5.69 Å². The van der Waals surface area contributed by atoms with Crippen molar-refractivity contribution < 1.29 is 8.42 Å². The number of piperazine rings is 1. The van der Waals surface area contributed by atoms with Gasteiger partial charge in [-0.25, -0.2) is 13.2 Å². The predicted octanol–water partition coefficient (Wildman–Crippen LogP) is 0.629. The third-order valence-electron chi connectivity index (χ3n) is 5.45. The lowest BCUT2D eigenvalue weighted by molar-refractivity contribution is 0.0812. The van der Waals surface area contributed by atoms with Crippen molar-refractivity contribution in [2.45, 2.75) is 44.3 Å². The number of nitrogens with one attached hydrogen (secondary N) is 1. The van der Waals surface area contributed by atoms with Crippen LogP contribution < -0.4 is 11.2 Å². The lowest BCUT2D eigenvalue weighted by atomic mass is 10.1. The van der Waals surface area contributed by atoms with E-state index in [1.807, 2.05) is 13.8 Å². The second kappa shape index (κ2) is 8.02. The zero-order valence-corrected chi connectivity index (χ0v) is 17.1. The minimum Gasteiger partial charge on any atom is -0.311 e. The second-order valence-electron chi connectivity index (χ2n) is 7.19. The summed E-state index contributed by atoms with van der Waals surface area (Å²) in [7, 11) is -3.56. The maximum atomic E-state index is 13.0. The number of hydrogen-bond acceptors (Lipinski definition) is 5. The summed E-state index contributed by atoms with van der Waals surface area (Å²) >= 11 is 0. The molecule has 0 bridgehead atoms. The van der Waals surface area contributed by atoms with Crippen LogP contribution in [0.15, 0.2) is 50.9 Å². The Balaban J connectivity index is 1.72. The molecule has 1 aromatic heterocycles. The van der Waals surface area contributed by atoms with Crippen molar-refractivity contribution in [1.82, 2.24) is 18.8 Å². The average molecular weight is 407 g/mol. The van der Waals surface area contributed by atoms with E-state index in [1.165, 1.54) is 14.9 Å². The van der Waals surface area contributed by atoms with Gasteiger partial charge in [0, 0.05) is 50.0 Å². The Morgan fingerprint density at radius 1 is 1.04 bits per heavy atom. The Bertz CT molecular complexity index is 1010. The molecule has 1 aliphatic rings. The van der Waals surface area contributed by atoms with Crippen molar-refractivity contribution in [2.24, 2.45) is 0 Å². The summed E-state index contributed by atoms with van der Waals surface area (Å²) in [6.45, 7) is 7.19. The van der Waals surface area contributed by atoms with Crippen molar-refractivity contribution in [1.29, 1.82) is 0 Å². The average Bonchev–Trinajstić information content (AvgIpc) is 2.64. The molecule has 28 heavy (non-hydrogen) atoms. The maximum Gasteiger partial charge on any atom is 0.328 e. The van der Waals surface area contributed by atoms with E-state index in [0.717, 1.165) is 0 Å². The van der Waals surface area contributed by atoms with Crippen LogP contribution in [-0.2, 0) is 16.6 Å². The number of aromatic amines is 1. The molecule has 0 amide bonds. The highest BCUT2D eigenvalue weighted by Crippen LogP contribution is 2.24. The summed E-state index contributed by atoms with van der Waals surface area (Å²) in [6, 6.07) is 9.56. The molecular weight excluding hydrogens is 380 g/mol. The highest BCUT2D eigenvalue weighted by atomic mass is 32.2. The molecule has 1 fully saturated rings. The highest BCUT2D eigenvalue weighted by Gasteiger charge is 2.37. The standard InChI is InChI=1S/C19H26N4O4S/c1-14-13-18(24)22(19(25)20-14)11-9-21-10-12-23(16(3)15(21)2)28(26,27)17-7-5-4-6-8-17/h4-8,13,15-16H,9-12H2,1-3H3,(H,20,25)/t15-,16+/m0/s1. The summed E-state index contributed by atoms with van der Waals surface area (Å²) in [5, 5.41) is 0. The molecule has 2 atom stereocenters. The molecule has 3 rings (SSSR count). The molecule has 152 valence electrons. The molecule has 0 unspecified atom stereocenters. The van der Waals surface area contributed by atoms with Crippen LogP contribution in [0, 0.1) is 6.92 Å². The minimum atomic E-state index is -3.56. The summed E-state index contributed by atoms with van der Waals surface area (Å²) in [5.74, 6) is 0. The van der Waals surface area contributed by atoms with Gasteiger partial charge in [0.2, 0.25) is 10.0 Å². The van der Waals surface area contributed by atoms with Crippen LogP contribution in [0.25, 0.3) is 0 Å². The van der Waals surface area contributed by atoms with E-state index in [-0.39, 0.29) is 24.2 Å². The molecule has 0 radical (unpaired) electrons. The molecule has 8 nitrogen and oxygen atoms in total. The number of H-pyrrole nitrogens is 1. The number of aryl methyl sites for hydroxylation is 1. The van der Waals surface area contributed by atoms with Crippen LogP contribution in [0.1, 0.15) is 19.5 Å². The van der Waals surface area contributed by atoms with Gasteiger partial charge in [-0.3, -0.25) is 14.3 Å². The van der Waals surface area contributed by atoms with Crippen LogP contribution in [-0.4, -0.2) is 58.9 Å². The SMILES string of the molecule is Cc1cc(=O)n(CCN2CCN(S(=O)(=O)c3ccccc3)[C@H](C)[C@@H]2C)c(=O)[nH]1. The van der Waals surface area contributed by atoms with Crippen LogP contribution in [0.4, 0.5) is 0 Å². The Morgan fingerprint density at radius 3 is 2.36 bits per heavy atom. The second-order valence-corrected chi connectivity index (χ2v) is 9.08. The minimum absolute atomic E-state index is 0.0486. The molecule has 0 spiro atoms. The van der Waals surface area contributed by atoms with E-state index in [1.54, 1.807) is 37.3 Å². The van der Waals surface area contributed by atoms with Crippen molar-refractivity contribution >= 4 is 10.0 Å². The fraction of sp³-hybridized carbons (Fsp3) is 0.474. The van der Waals surface area contributed by atoms with E-state index >= 15 is 0 Å². The van der Waals surface area contributed by atoms with E-state index in [2.05, 4.69) is 9.88 Å². The first-order valence-corrected chi connectivity index (χ1v) is 10.8. The Kier molecular flexibility index (Phi) is 5.87. The quantitative estimate of drug-likeness (QED) is 0.786. The molecule has 1 N–H and O–H groups in total. The Labute approximate surface area is 164 Å². The van der Waals surface area contributed by atoms with Gasteiger partial charge < -0.3 is 4.98 Å². The summed E-state index contributed by atoms with van der Waals surface area (Å²) in [5.41, 5.74) is -0.212. The number of hydrogen-bond donors (Lipinski definition) is 1. The van der Waals surface area contributed by atoms with Gasteiger partial charge in [-0.15, -0.1) is 0 Å². The van der Waals surface area contributed by atoms with Crippen LogP contribution in [0.2, 0.25) is 0 Å². The molecule has 1 aromatic carbocycles. The molecule has 9 heteroatoms. The van der Waals surface area contributed by atoms with E-state index in [9.17, 15) is 18.0 Å². The van der Waals surface area contributed by atoms with Crippen LogP contribution in [0.5, 0.6) is 0 Å². The molecule has 0 aliphatic carbocycles. The molecule has 2 aromatic rings. The number of nitrogens with zero attached hydrogens (tertiary/aromatic N) is 3. The Morgan fingerprint density at radius 2 is 1.71 bits per heavy atom. The molecule has 1 aliphatic heterocycles. The normalized spacial score (nSPS) is 21.7. The van der Waals surface area contributed by atoms with Gasteiger partial charge in [0.1, 0.15) is 0 Å². The van der Waals surface area contributed by atoms with Crippen molar-refractivity contribution in [3.63, 3.8) is 0 Å². The fourth-order valence-electron chi connectivity index (χ4n) is 3.64. The van der Waals surface area contributed by atoms with Crippen molar-refractivity contribution in [3.05, 3.63) is 62.9 Å². The maximum absolute atomic E-state index is 13.0. The largest absolute Gasteiger partial charge is 0.328 e. The lowest BCUT2D eigenvalue weighted by Gasteiger charge is -2.44. The highest BCUT2D eigenvalue weighted by molar-refractivity contribution is 7.89. The predicted molar refractivity (Wildman–Crippen MR) is 107 cm³/mol. The first kappa shape index (κ1) is 20.5. The first-order valence-electron chi connectivity index (χ1n) is 9.33. The number of aromatic nitrogens is 2. The topological polar surface area (TPSA) is 95.5 Å². The monoisotopic (exact) mass is 406 g/mol. The van der Waals surface area contributed by atoms with E-state index in [0.29, 0.717) is 30.2 Å². The van der Waals surface area contributed by atoms with Crippen LogP contribution >= 0.6 is 0 Å². The zero-order valence-electron chi connectivity index (χ0n) is 16.3. The molecule has 0 saturated carbocycles. The lowest BCUT2D eigenvalue weighted by Crippen LogP contribution is -2.59. The summed E-state index contributed by atoms with van der Waals surface area (Å²) < 4.78 is 28.6. The van der Waals surface area contributed by atoms with Gasteiger partial charge in [0.05, 0.1) is 4.90 Å². The van der Waals surface area contributed by atoms with Gasteiger partial charge in [-0.05, 0) is 32.9 Å². The third-order valence-corrected chi connectivity index (χ3v) is 7.45. The molecular formula is C19H26N4O4S. The van der Waals surface area contributed by atoms with Crippen molar-refractivity contribution in [2.75, 3.05) is 19.6 Å². The molecule has 1 saturated heterocycles. The summed E-state index contributed by atoms with van der Waals surface area (Å²) in [4.78, 5) is 29.1. The fourth-order valence-corrected chi connectivity index (χ4v) is 5.35. The van der Waals surface area contributed by atoms with Gasteiger partial charge in [-0.1, -0.05) is 18.2 Å². The Hall–Kier alpha value is -2.23. The van der Waals surface area contributed by atoms with Crippen molar-refractivity contribution in [3.8, 4) is 0 Å². The van der Waals surface area contributed by atoms with E-state index < -0.39 is 15.7 Å². The van der Waals surface area contributed by atoms with E-state index in [4.69, 9.17) is 0 Å².